The zero-order chi connectivity index (χ0) is 14.8. The number of benzene rings is 1. The smallest absolute Gasteiger partial charge is 0.193 e. The van der Waals surface area contributed by atoms with Crippen LogP contribution in [0.5, 0.6) is 0 Å². The molecule has 0 saturated carbocycles. The number of nitrogens with zero attached hydrogens (tertiary/aromatic N) is 3. The Labute approximate surface area is 126 Å². The molecule has 1 aromatic carbocycles. The predicted molar refractivity (Wildman–Crippen MR) is 87.8 cm³/mol. The van der Waals surface area contributed by atoms with Gasteiger partial charge in [0.05, 0.1) is 6.54 Å². The van der Waals surface area contributed by atoms with Gasteiger partial charge in [0, 0.05) is 44.5 Å². The lowest BCUT2D eigenvalue weighted by Crippen LogP contribution is -2.61. The fraction of sp³-hybridized carbons (Fsp3) is 0.562. The highest BCUT2D eigenvalue weighted by atomic mass is 15.3. The SMILES string of the molecule is Cc1cc(C)cc(NC(N)=NCC2CN3CCN2CC3)c1. The first-order chi connectivity index (χ1) is 10.1. The van der Waals surface area contributed by atoms with E-state index in [1.54, 1.807) is 0 Å². The van der Waals surface area contributed by atoms with Crippen LogP contribution in [0, 0.1) is 13.8 Å². The van der Waals surface area contributed by atoms with Crippen LogP contribution in [0.1, 0.15) is 11.1 Å². The van der Waals surface area contributed by atoms with Crippen molar-refractivity contribution < 1.29 is 0 Å². The summed E-state index contributed by atoms with van der Waals surface area (Å²) in [6, 6.07) is 6.85. The molecule has 5 nitrogen and oxygen atoms in total. The molecule has 1 atom stereocenters. The number of guanidine groups is 1. The molecule has 3 aliphatic heterocycles. The fourth-order valence-corrected chi connectivity index (χ4v) is 3.34. The minimum Gasteiger partial charge on any atom is -0.370 e. The van der Waals surface area contributed by atoms with Crippen LogP contribution in [-0.4, -0.2) is 61.1 Å². The van der Waals surface area contributed by atoms with Crippen molar-refractivity contribution in [3.8, 4) is 0 Å². The van der Waals surface area contributed by atoms with Crippen LogP contribution in [0.3, 0.4) is 0 Å². The zero-order valence-electron chi connectivity index (χ0n) is 13.0. The van der Waals surface area contributed by atoms with Crippen LogP contribution in [0.4, 0.5) is 5.69 Å². The van der Waals surface area contributed by atoms with Crippen molar-refractivity contribution in [3.05, 3.63) is 29.3 Å². The number of fused-ring (bicyclic) bond motifs is 3. The molecule has 4 rings (SSSR count). The van der Waals surface area contributed by atoms with Crippen LogP contribution in [0.2, 0.25) is 0 Å². The molecule has 3 N–H and O–H groups in total. The van der Waals surface area contributed by atoms with Gasteiger partial charge in [-0.15, -0.1) is 0 Å². The Morgan fingerprint density at radius 1 is 1.19 bits per heavy atom. The molecule has 0 radical (unpaired) electrons. The molecule has 2 bridgehead atoms. The van der Waals surface area contributed by atoms with Crippen molar-refractivity contribution in [2.45, 2.75) is 19.9 Å². The maximum atomic E-state index is 6.03. The Morgan fingerprint density at radius 2 is 1.86 bits per heavy atom. The van der Waals surface area contributed by atoms with E-state index in [2.05, 4.69) is 52.2 Å². The Balaban J connectivity index is 1.58. The average molecular weight is 287 g/mol. The first kappa shape index (κ1) is 14.4. The van der Waals surface area contributed by atoms with Gasteiger partial charge >= 0.3 is 0 Å². The largest absolute Gasteiger partial charge is 0.370 e. The number of aliphatic imine (C=N–C) groups is 1. The Kier molecular flexibility index (Phi) is 4.12. The van der Waals surface area contributed by atoms with Gasteiger partial charge in [-0.2, -0.15) is 0 Å². The van der Waals surface area contributed by atoms with E-state index in [1.165, 1.54) is 37.3 Å². The molecule has 3 aliphatic rings. The third kappa shape index (κ3) is 3.54. The van der Waals surface area contributed by atoms with Gasteiger partial charge in [-0.25, -0.2) is 0 Å². The van der Waals surface area contributed by atoms with E-state index in [9.17, 15) is 0 Å². The molecular weight excluding hydrogens is 262 g/mol. The normalized spacial score (nSPS) is 28.7. The lowest BCUT2D eigenvalue weighted by Gasteiger charge is -2.47. The van der Waals surface area contributed by atoms with Gasteiger partial charge in [-0.1, -0.05) is 6.07 Å². The van der Waals surface area contributed by atoms with Crippen molar-refractivity contribution >= 4 is 11.6 Å². The number of rotatable bonds is 3. The molecule has 3 fully saturated rings. The summed E-state index contributed by atoms with van der Waals surface area (Å²) >= 11 is 0. The summed E-state index contributed by atoms with van der Waals surface area (Å²) < 4.78 is 0. The molecule has 0 aromatic heterocycles. The second-order valence-electron chi connectivity index (χ2n) is 6.22. The van der Waals surface area contributed by atoms with E-state index in [-0.39, 0.29) is 0 Å². The van der Waals surface area contributed by atoms with Gasteiger partial charge in [0.25, 0.3) is 0 Å². The quantitative estimate of drug-likeness (QED) is 0.644. The first-order valence-electron chi connectivity index (χ1n) is 7.72. The van der Waals surface area contributed by atoms with Crippen LogP contribution < -0.4 is 11.1 Å². The van der Waals surface area contributed by atoms with Crippen molar-refractivity contribution in [3.63, 3.8) is 0 Å². The standard InChI is InChI=1S/C16H25N5/c1-12-7-13(2)9-14(8-12)19-16(17)18-10-15-11-20-3-5-21(15)6-4-20/h7-9,15H,3-6,10-11H2,1-2H3,(H3,17,18,19). The summed E-state index contributed by atoms with van der Waals surface area (Å²) in [5.74, 6) is 0.512. The minimum absolute atomic E-state index is 0.512. The highest BCUT2D eigenvalue weighted by Gasteiger charge is 2.31. The van der Waals surface area contributed by atoms with Gasteiger partial charge in [0.1, 0.15) is 0 Å². The molecule has 0 aliphatic carbocycles. The van der Waals surface area contributed by atoms with Gasteiger partial charge in [0.2, 0.25) is 0 Å². The maximum absolute atomic E-state index is 6.03. The Hall–Kier alpha value is -1.59. The number of piperazine rings is 3. The number of hydrogen-bond donors (Lipinski definition) is 2. The van der Waals surface area contributed by atoms with Crippen LogP contribution in [0.15, 0.2) is 23.2 Å². The highest BCUT2D eigenvalue weighted by molar-refractivity contribution is 5.92. The number of nitrogens with one attached hydrogen (secondary N) is 1. The molecule has 3 saturated heterocycles. The summed E-state index contributed by atoms with van der Waals surface area (Å²) in [6.07, 6.45) is 0. The molecule has 3 heterocycles. The summed E-state index contributed by atoms with van der Waals surface area (Å²) in [5, 5.41) is 3.20. The number of aryl methyl sites for hydroxylation is 2. The minimum atomic E-state index is 0.512. The molecule has 0 spiro atoms. The number of anilines is 1. The topological polar surface area (TPSA) is 56.9 Å². The molecule has 1 unspecified atom stereocenters. The molecule has 114 valence electrons. The van der Waals surface area contributed by atoms with Crippen LogP contribution >= 0.6 is 0 Å². The molecule has 1 aromatic rings. The summed E-state index contributed by atoms with van der Waals surface area (Å²) in [6.45, 7) is 10.8. The third-order valence-corrected chi connectivity index (χ3v) is 4.36. The van der Waals surface area contributed by atoms with E-state index in [0.29, 0.717) is 12.0 Å². The maximum Gasteiger partial charge on any atom is 0.193 e. The van der Waals surface area contributed by atoms with E-state index in [0.717, 1.165) is 18.8 Å². The zero-order valence-corrected chi connectivity index (χ0v) is 13.0. The lowest BCUT2D eigenvalue weighted by atomic mass is 10.1. The summed E-state index contributed by atoms with van der Waals surface area (Å²) in [5.41, 5.74) is 9.51. The number of nitrogens with two attached hydrogens (primary N) is 1. The van der Waals surface area contributed by atoms with Crippen molar-refractivity contribution in [1.29, 1.82) is 0 Å². The van der Waals surface area contributed by atoms with Gasteiger partial charge in [-0.05, 0) is 37.1 Å². The van der Waals surface area contributed by atoms with E-state index in [4.69, 9.17) is 5.73 Å². The molecular formula is C16H25N5. The van der Waals surface area contributed by atoms with Gasteiger partial charge in [0.15, 0.2) is 5.96 Å². The van der Waals surface area contributed by atoms with Crippen molar-refractivity contribution in [2.24, 2.45) is 10.7 Å². The average Bonchev–Trinajstić information content (AvgIpc) is 2.45. The second kappa shape index (κ2) is 6.03. The molecule has 0 amide bonds. The van der Waals surface area contributed by atoms with E-state index >= 15 is 0 Å². The van der Waals surface area contributed by atoms with E-state index in [1.807, 2.05) is 0 Å². The van der Waals surface area contributed by atoms with Crippen LogP contribution in [-0.2, 0) is 0 Å². The summed E-state index contributed by atoms with van der Waals surface area (Å²) in [7, 11) is 0. The monoisotopic (exact) mass is 287 g/mol. The van der Waals surface area contributed by atoms with Gasteiger partial charge in [-0.3, -0.25) is 14.8 Å². The highest BCUT2D eigenvalue weighted by Crippen LogP contribution is 2.16. The first-order valence-corrected chi connectivity index (χ1v) is 7.72. The van der Waals surface area contributed by atoms with Crippen LogP contribution in [0.25, 0.3) is 0 Å². The Bertz CT molecular complexity index is 511. The Morgan fingerprint density at radius 3 is 2.43 bits per heavy atom. The summed E-state index contributed by atoms with van der Waals surface area (Å²) in [4.78, 5) is 9.59. The van der Waals surface area contributed by atoms with E-state index < -0.39 is 0 Å². The third-order valence-electron chi connectivity index (χ3n) is 4.36. The van der Waals surface area contributed by atoms with Crippen molar-refractivity contribution in [1.82, 2.24) is 9.80 Å². The fourth-order valence-electron chi connectivity index (χ4n) is 3.34. The number of hydrogen-bond acceptors (Lipinski definition) is 3. The second-order valence-corrected chi connectivity index (χ2v) is 6.22. The van der Waals surface area contributed by atoms with Gasteiger partial charge < -0.3 is 11.1 Å². The molecule has 21 heavy (non-hydrogen) atoms. The lowest BCUT2D eigenvalue weighted by molar-refractivity contribution is 0.0174. The molecule has 5 heteroatoms. The predicted octanol–water partition coefficient (Wildman–Crippen LogP) is 1.03. The van der Waals surface area contributed by atoms with Crippen molar-refractivity contribution in [2.75, 3.05) is 44.6 Å².